The molecular formula is C32H25N3O5S. The number of aromatic nitrogens is 2. The Morgan fingerprint density at radius 3 is 2.71 bits per heavy atom. The van der Waals surface area contributed by atoms with E-state index >= 15 is 0 Å². The van der Waals surface area contributed by atoms with Crippen molar-refractivity contribution in [2.75, 3.05) is 13.4 Å². The Bertz CT molecular complexity index is 2050. The van der Waals surface area contributed by atoms with Gasteiger partial charge in [-0.1, -0.05) is 65.9 Å². The molecule has 0 radical (unpaired) electrons. The van der Waals surface area contributed by atoms with Crippen molar-refractivity contribution < 1.29 is 19.0 Å². The maximum absolute atomic E-state index is 14.2. The third kappa shape index (κ3) is 4.17. The first-order chi connectivity index (χ1) is 20.0. The van der Waals surface area contributed by atoms with Crippen molar-refractivity contribution in [3.63, 3.8) is 0 Å². The van der Waals surface area contributed by atoms with E-state index in [0.29, 0.717) is 37.7 Å². The second kappa shape index (κ2) is 9.94. The van der Waals surface area contributed by atoms with Gasteiger partial charge in [0.1, 0.15) is 0 Å². The molecule has 41 heavy (non-hydrogen) atoms. The van der Waals surface area contributed by atoms with Gasteiger partial charge in [-0.05, 0) is 43.7 Å². The molecule has 0 saturated carbocycles. The lowest BCUT2D eigenvalue weighted by atomic mass is 9.93. The molecule has 0 aliphatic carbocycles. The topological polar surface area (TPSA) is 94.9 Å². The summed E-state index contributed by atoms with van der Waals surface area (Å²) in [5.74, 6) is 0.640. The molecule has 0 spiro atoms. The molecule has 7 rings (SSSR count). The average Bonchev–Trinajstić information content (AvgIpc) is 3.68. The summed E-state index contributed by atoms with van der Waals surface area (Å²) >= 11 is 1.30. The highest BCUT2D eigenvalue weighted by molar-refractivity contribution is 7.07. The molecule has 1 unspecified atom stereocenters. The molecule has 2 aliphatic heterocycles. The molecule has 2 aliphatic rings. The van der Waals surface area contributed by atoms with Gasteiger partial charge >= 0.3 is 5.97 Å². The van der Waals surface area contributed by atoms with Gasteiger partial charge in [0.2, 0.25) is 6.79 Å². The van der Waals surface area contributed by atoms with E-state index in [0.717, 1.165) is 27.7 Å². The number of aromatic amines is 1. The van der Waals surface area contributed by atoms with Crippen molar-refractivity contribution in [3.05, 3.63) is 120 Å². The summed E-state index contributed by atoms with van der Waals surface area (Å²) < 4.78 is 18.8. The molecule has 0 amide bonds. The highest BCUT2D eigenvalue weighted by Gasteiger charge is 2.36. The highest BCUT2D eigenvalue weighted by atomic mass is 32.1. The molecule has 5 aromatic rings. The number of thiazole rings is 1. The minimum absolute atomic E-state index is 0.112. The van der Waals surface area contributed by atoms with Gasteiger partial charge in [0, 0.05) is 27.7 Å². The van der Waals surface area contributed by atoms with Crippen LogP contribution in [0.1, 0.15) is 35.3 Å². The Hall–Kier alpha value is -4.89. The molecule has 1 atom stereocenters. The molecule has 9 heteroatoms. The van der Waals surface area contributed by atoms with Crippen LogP contribution in [0.5, 0.6) is 11.5 Å². The largest absolute Gasteiger partial charge is 0.463 e. The van der Waals surface area contributed by atoms with Crippen LogP contribution in [0.2, 0.25) is 0 Å². The number of benzene rings is 3. The maximum atomic E-state index is 14.2. The van der Waals surface area contributed by atoms with Crippen LogP contribution in [0.25, 0.3) is 22.7 Å². The van der Waals surface area contributed by atoms with E-state index in [1.807, 2.05) is 79.7 Å². The minimum Gasteiger partial charge on any atom is -0.463 e. The van der Waals surface area contributed by atoms with E-state index in [1.54, 1.807) is 17.6 Å². The quantitative estimate of drug-likeness (QED) is 0.319. The maximum Gasteiger partial charge on any atom is 0.338 e. The minimum atomic E-state index is -0.791. The molecule has 0 bridgehead atoms. The fraction of sp³-hybridized carbons (Fsp3) is 0.156. The Morgan fingerprint density at radius 1 is 1.10 bits per heavy atom. The summed E-state index contributed by atoms with van der Waals surface area (Å²) in [7, 11) is 0. The van der Waals surface area contributed by atoms with E-state index in [1.165, 1.54) is 11.3 Å². The molecular weight excluding hydrogens is 538 g/mol. The predicted molar refractivity (Wildman–Crippen MR) is 157 cm³/mol. The standard InChI is InChI=1S/C32H25N3O5S/c1-3-38-31(37)27-28(19-9-5-4-6-10-19)34-32-35(29(27)20-13-14-24-25(15-20)40-17-39-24)30(36)26(41-32)16-22-18(2)33-23-12-8-7-11-21(22)23/h4-16,29,33H,3,17H2,1-2H3. The summed E-state index contributed by atoms with van der Waals surface area (Å²) in [5, 5.41) is 1.03. The first kappa shape index (κ1) is 25.1. The van der Waals surface area contributed by atoms with Crippen LogP contribution in [0.3, 0.4) is 0 Å². The number of esters is 1. The number of ether oxygens (including phenoxy) is 3. The summed E-state index contributed by atoms with van der Waals surface area (Å²) in [5.41, 5.74) is 4.87. The number of para-hydroxylation sites is 1. The van der Waals surface area contributed by atoms with E-state index in [4.69, 9.17) is 19.2 Å². The molecule has 2 aromatic heterocycles. The van der Waals surface area contributed by atoms with Gasteiger partial charge in [-0.2, -0.15) is 0 Å². The molecule has 4 heterocycles. The van der Waals surface area contributed by atoms with Crippen molar-refractivity contribution in [3.8, 4) is 11.5 Å². The third-order valence-corrected chi connectivity index (χ3v) is 8.29. The monoisotopic (exact) mass is 563 g/mol. The van der Waals surface area contributed by atoms with Gasteiger partial charge in [-0.25, -0.2) is 9.79 Å². The zero-order valence-electron chi connectivity index (χ0n) is 22.3. The highest BCUT2D eigenvalue weighted by Crippen LogP contribution is 2.40. The fourth-order valence-electron chi connectivity index (χ4n) is 5.45. The lowest BCUT2D eigenvalue weighted by molar-refractivity contribution is -0.138. The van der Waals surface area contributed by atoms with Crippen LogP contribution in [0.15, 0.2) is 88.2 Å². The second-order valence-electron chi connectivity index (χ2n) is 9.75. The van der Waals surface area contributed by atoms with Crippen molar-refractivity contribution in [1.29, 1.82) is 0 Å². The number of nitrogens with one attached hydrogen (secondary N) is 1. The Labute approximate surface area is 238 Å². The van der Waals surface area contributed by atoms with Crippen molar-refractivity contribution in [2.45, 2.75) is 19.9 Å². The molecule has 8 nitrogen and oxygen atoms in total. The molecule has 3 aromatic carbocycles. The third-order valence-electron chi connectivity index (χ3n) is 7.30. The number of hydrogen-bond acceptors (Lipinski definition) is 7. The summed E-state index contributed by atoms with van der Waals surface area (Å²) in [4.78, 5) is 36.7. The summed E-state index contributed by atoms with van der Waals surface area (Å²) in [6.07, 6.45) is 1.91. The molecule has 1 N–H and O–H groups in total. The zero-order valence-corrected chi connectivity index (χ0v) is 23.2. The van der Waals surface area contributed by atoms with Gasteiger partial charge in [-0.3, -0.25) is 9.36 Å². The fourth-order valence-corrected chi connectivity index (χ4v) is 6.44. The van der Waals surface area contributed by atoms with Crippen LogP contribution >= 0.6 is 11.3 Å². The summed E-state index contributed by atoms with van der Waals surface area (Å²) in [6.45, 7) is 4.05. The normalized spacial score (nSPS) is 16.1. The van der Waals surface area contributed by atoms with E-state index in [9.17, 15) is 9.59 Å². The van der Waals surface area contributed by atoms with Crippen LogP contribution in [-0.4, -0.2) is 28.9 Å². The average molecular weight is 564 g/mol. The summed E-state index contributed by atoms with van der Waals surface area (Å²) in [6, 6.07) is 22.2. The van der Waals surface area contributed by atoms with E-state index in [-0.39, 0.29) is 19.0 Å². The van der Waals surface area contributed by atoms with Crippen molar-refractivity contribution >= 4 is 40.0 Å². The second-order valence-corrected chi connectivity index (χ2v) is 10.8. The van der Waals surface area contributed by atoms with Crippen molar-refractivity contribution in [2.24, 2.45) is 4.99 Å². The number of aryl methyl sites for hydroxylation is 1. The predicted octanol–water partition coefficient (Wildman–Crippen LogP) is 4.45. The zero-order chi connectivity index (χ0) is 28.1. The smallest absolute Gasteiger partial charge is 0.338 e. The number of fused-ring (bicyclic) bond motifs is 3. The van der Waals surface area contributed by atoms with Crippen LogP contribution < -0.4 is 24.4 Å². The lowest BCUT2D eigenvalue weighted by Gasteiger charge is -2.26. The number of rotatable bonds is 5. The number of nitrogens with zero attached hydrogens (tertiary/aromatic N) is 2. The first-order valence-corrected chi connectivity index (χ1v) is 14.1. The van der Waals surface area contributed by atoms with Gasteiger partial charge in [0.25, 0.3) is 5.56 Å². The van der Waals surface area contributed by atoms with Gasteiger partial charge in [0.05, 0.1) is 28.5 Å². The Kier molecular flexibility index (Phi) is 6.09. The van der Waals surface area contributed by atoms with Gasteiger partial charge in [-0.15, -0.1) is 0 Å². The molecule has 0 fully saturated rings. The number of H-pyrrole nitrogens is 1. The number of carbonyl (C=O) groups is 1. The van der Waals surface area contributed by atoms with Gasteiger partial charge in [0.15, 0.2) is 16.3 Å². The van der Waals surface area contributed by atoms with Crippen molar-refractivity contribution in [1.82, 2.24) is 9.55 Å². The van der Waals surface area contributed by atoms with Gasteiger partial charge < -0.3 is 19.2 Å². The van der Waals surface area contributed by atoms with Crippen LogP contribution in [0.4, 0.5) is 0 Å². The van der Waals surface area contributed by atoms with E-state index < -0.39 is 12.0 Å². The number of hydrogen-bond donors (Lipinski definition) is 1. The van der Waals surface area contributed by atoms with Crippen LogP contribution in [-0.2, 0) is 9.53 Å². The molecule has 0 saturated heterocycles. The Balaban J connectivity index is 1.53. The van der Waals surface area contributed by atoms with Crippen LogP contribution in [0, 0.1) is 6.92 Å². The Morgan fingerprint density at radius 2 is 1.88 bits per heavy atom. The van der Waals surface area contributed by atoms with E-state index in [2.05, 4.69) is 4.98 Å². The number of carbonyl (C=O) groups excluding carboxylic acids is 1. The SMILES string of the molecule is CCOC(=O)C1=C(c2ccccc2)N=c2sc(=Cc3c(C)[nH]c4ccccc34)c(=O)n2C1c1ccc2c(c1)OCO2. The lowest BCUT2D eigenvalue weighted by Crippen LogP contribution is -2.40. The first-order valence-electron chi connectivity index (χ1n) is 13.3. The molecule has 204 valence electrons.